The van der Waals surface area contributed by atoms with Crippen LogP contribution in [0, 0.1) is 5.82 Å². The molecule has 182 valence electrons. The number of hydrogen-bond acceptors (Lipinski definition) is 6. The number of nitrogens with one attached hydrogen (secondary N) is 1. The molecule has 1 amide bonds. The number of ether oxygens (including phenoxy) is 1. The van der Waals surface area contributed by atoms with Crippen molar-refractivity contribution in [3.05, 3.63) is 60.4 Å². The molecule has 0 saturated heterocycles. The highest BCUT2D eigenvalue weighted by molar-refractivity contribution is 7.89. The summed E-state index contributed by atoms with van der Waals surface area (Å²) >= 11 is 0. The van der Waals surface area contributed by atoms with Crippen molar-refractivity contribution in [2.45, 2.75) is 38.5 Å². The number of halogens is 1. The number of carbonyl (C=O) groups excluding carboxylic acids is 1. The van der Waals surface area contributed by atoms with Crippen molar-refractivity contribution in [3.63, 3.8) is 0 Å². The van der Waals surface area contributed by atoms with E-state index in [0.29, 0.717) is 31.0 Å². The average molecular weight is 490 g/mol. The maximum atomic E-state index is 13.9. The first-order valence-electron chi connectivity index (χ1n) is 11.1. The normalized spacial score (nSPS) is 11.6. The minimum Gasteiger partial charge on any atom is -0.492 e. The molecule has 0 unspecified atom stereocenters. The molecular weight excluding hydrogens is 461 g/mol. The number of anilines is 1. The molecule has 3 rings (SSSR count). The predicted octanol–water partition coefficient (Wildman–Crippen LogP) is 4.48. The molecule has 8 nitrogen and oxygen atoms in total. The van der Waals surface area contributed by atoms with Crippen molar-refractivity contribution in [2.75, 3.05) is 25.0 Å². The van der Waals surface area contributed by atoms with Gasteiger partial charge >= 0.3 is 0 Å². The van der Waals surface area contributed by atoms with Gasteiger partial charge in [0.05, 0.1) is 29.0 Å². The van der Waals surface area contributed by atoms with Crippen molar-refractivity contribution < 1.29 is 26.8 Å². The number of aryl methyl sites for hydroxylation is 1. The Bertz CT molecular complexity index is 1240. The molecule has 0 spiro atoms. The molecular formula is C24H28FN3O5S. The van der Waals surface area contributed by atoms with Gasteiger partial charge in [-0.15, -0.1) is 0 Å². The smallest absolute Gasteiger partial charge is 0.243 e. The fraction of sp³-hybridized carbons (Fsp3) is 0.333. The topological polar surface area (TPSA) is 102 Å². The van der Waals surface area contributed by atoms with Crippen LogP contribution in [-0.2, 0) is 21.2 Å². The van der Waals surface area contributed by atoms with Gasteiger partial charge in [0.2, 0.25) is 15.9 Å². The highest BCUT2D eigenvalue weighted by Gasteiger charge is 2.23. The standard InChI is InChI=1S/C24H28FN3O5S/c1-4-28(5-2)34(30,31)17-11-12-21(32-6-3)20(15-17)27-23(29)13-14-24-26-16-22(33-24)18-9-7-8-10-19(18)25/h7-12,15-16H,4-6,13-14H2,1-3H3,(H,27,29). The van der Waals surface area contributed by atoms with E-state index in [-0.39, 0.29) is 41.0 Å². The van der Waals surface area contributed by atoms with Gasteiger partial charge in [-0.25, -0.2) is 17.8 Å². The Morgan fingerprint density at radius 3 is 2.56 bits per heavy atom. The number of benzene rings is 2. The van der Waals surface area contributed by atoms with E-state index in [2.05, 4.69) is 10.3 Å². The maximum absolute atomic E-state index is 13.9. The molecule has 0 fully saturated rings. The number of aromatic nitrogens is 1. The molecule has 10 heteroatoms. The highest BCUT2D eigenvalue weighted by Crippen LogP contribution is 2.30. The summed E-state index contributed by atoms with van der Waals surface area (Å²) < 4.78 is 52.2. The lowest BCUT2D eigenvalue weighted by atomic mass is 10.2. The zero-order chi connectivity index (χ0) is 24.7. The maximum Gasteiger partial charge on any atom is 0.243 e. The Morgan fingerprint density at radius 1 is 1.15 bits per heavy atom. The molecule has 2 aromatic carbocycles. The molecule has 0 saturated carbocycles. The highest BCUT2D eigenvalue weighted by atomic mass is 32.2. The number of carbonyl (C=O) groups is 1. The summed E-state index contributed by atoms with van der Waals surface area (Å²) in [5.41, 5.74) is 0.554. The second-order valence-electron chi connectivity index (χ2n) is 7.33. The number of nitrogens with zero attached hydrogens (tertiary/aromatic N) is 2. The quantitative estimate of drug-likeness (QED) is 0.426. The Kier molecular flexibility index (Phi) is 8.41. The van der Waals surface area contributed by atoms with Crippen molar-refractivity contribution in [2.24, 2.45) is 0 Å². The van der Waals surface area contributed by atoms with E-state index in [1.807, 2.05) is 0 Å². The third-order valence-electron chi connectivity index (χ3n) is 5.13. The predicted molar refractivity (Wildman–Crippen MR) is 127 cm³/mol. The van der Waals surface area contributed by atoms with E-state index in [1.165, 1.54) is 34.8 Å². The molecule has 0 atom stereocenters. The molecule has 1 aromatic heterocycles. The van der Waals surface area contributed by atoms with Gasteiger partial charge in [-0.3, -0.25) is 4.79 Å². The van der Waals surface area contributed by atoms with Crippen molar-refractivity contribution in [1.29, 1.82) is 0 Å². The Morgan fingerprint density at radius 2 is 1.88 bits per heavy atom. The second kappa shape index (κ2) is 11.3. The van der Waals surface area contributed by atoms with Crippen LogP contribution >= 0.6 is 0 Å². The third-order valence-corrected chi connectivity index (χ3v) is 7.17. The zero-order valence-electron chi connectivity index (χ0n) is 19.4. The fourth-order valence-electron chi connectivity index (χ4n) is 3.41. The van der Waals surface area contributed by atoms with Crippen LogP contribution in [0.2, 0.25) is 0 Å². The van der Waals surface area contributed by atoms with Gasteiger partial charge in [0.25, 0.3) is 0 Å². The molecule has 0 bridgehead atoms. The first-order valence-corrected chi connectivity index (χ1v) is 12.5. The second-order valence-corrected chi connectivity index (χ2v) is 9.26. The van der Waals surface area contributed by atoms with Gasteiger partial charge < -0.3 is 14.5 Å². The van der Waals surface area contributed by atoms with Crippen LogP contribution < -0.4 is 10.1 Å². The third kappa shape index (κ3) is 5.81. The number of sulfonamides is 1. The van der Waals surface area contributed by atoms with E-state index in [4.69, 9.17) is 9.15 Å². The summed E-state index contributed by atoms with van der Waals surface area (Å²) in [5.74, 6) is 0.139. The van der Waals surface area contributed by atoms with E-state index in [0.717, 1.165) is 0 Å². The zero-order valence-corrected chi connectivity index (χ0v) is 20.2. The van der Waals surface area contributed by atoms with Crippen LogP contribution in [0.3, 0.4) is 0 Å². The number of amides is 1. The Hall–Kier alpha value is -3.24. The Labute approximate surface area is 198 Å². The molecule has 0 radical (unpaired) electrons. The SMILES string of the molecule is CCOc1ccc(S(=O)(=O)N(CC)CC)cc1NC(=O)CCc1ncc(-c2ccccc2F)o1. The van der Waals surface area contributed by atoms with Gasteiger partial charge in [-0.05, 0) is 37.3 Å². The van der Waals surface area contributed by atoms with E-state index < -0.39 is 15.8 Å². The molecule has 1 heterocycles. The monoisotopic (exact) mass is 489 g/mol. The molecule has 0 aliphatic carbocycles. The molecule has 1 N–H and O–H groups in total. The molecule has 3 aromatic rings. The summed E-state index contributed by atoms with van der Waals surface area (Å²) in [7, 11) is -3.70. The van der Waals surface area contributed by atoms with Crippen LogP contribution in [0.5, 0.6) is 5.75 Å². The summed E-state index contributed by atoms with van der Waals surface area (Å²) in [6.07, 6.45) is 1.62. The summed E-state index contributed by atoms with van der Waals surface area (Å²) in [5, 5.41) is 2.72. The Balaban J connectivity index is 1.73. The van der Waals surface area contributed by atoms with Crippen molar-refractivity contribution in [3.8, 4) is 17.1 Å². The number of rotatable bonds is 11. The summed E-state index contributed by atoms with van der Waals surface area (Å²) in [6, 6.07) is 10.6. The van der Waals surface area contributed by atoms with Gasteiger partial charge in [0, 0.05) is 25.9 Å². The van der Waals surface area contributed by atoms with E-state index >= 15 is 0 Å². The van der Waals surface area contributed by atoms with Crippen LogP contribution in [0.15, 0.2) is 58.0 Å². The van der Waals surface area contributed by atoms with E-state index in [1.54, 1.807) is 39.0 Å². The van der Waals surface area contributed by atoms with Gasteiger partial charge in [0.1, 0.15) is 11.6 Å². The van der Waals surface area contributed by atoms with Gasteiger partial charge in [-0.1, -0.05) is 26.0 Å². The average Bonchev–Trinajstić information content (AvgIpc) is 3.28. The lowest BCUT2D eigenvalue weighted by Gasteiger charge is -2.20. The summed E-state index contributed by atoms with van der Waals surface area (Å²) in [6.45, 7) is 6.33. The van der Waals surface area contributed by atoms with Crippen molar-refractivity contribution in [1.82, 2.24) is 9.29 Å². The van der Waals surface area contributed by atoms with Gasteiger partial charge in [-0.2, -0.15) is 4.31 Å². The van der Waals surface area contributed by atoms with Crippen molar-refractivity contribution >= 4 is 21.6 Å². The molecule has 34 heavy (non-hydrogen) atoms. The largest absolute Gasteiger partial charge is 0.492 e. The van der Waals surface area contributed by atoms with Crippen LogP contribution in [0.4, 0.5) is 10.1 Å². The minimum atomic E-state index is -3.70. The molecule has 0 aliphatic heterocycles. The number of oxazole rings is 1. The summed E-state index contributed by atoms with van der Waals surface area (Å²) in [4.78, 5) is 16.8. The minimum absolute atomic E-state index is 0.0236. The first-order chi connectivity index (χ1) is 16.3. The lowest BCUT2D eigenvalue weighted by Crippen LogP contribution is -2.30. The van der Waals surface area contributed by atoms with Crippen LogP contribution in [0.25, 0.3) is 11.3 Å². The molecule has 0 aliphatic rings. The van der Waals surface area contributed by atoms with Gasteiger partial charge in [0.15, 0.2) is 11.7 Å². The lowest BCUT2D eigenvalue weighted by molar-refractivity contribution is -0.116. The fourth-order valence-corrected chi connectivity index (χ4v) is 4.89. The van der Waals surface area contributed by atoms with Crippen LogP contribution in [-0.4, -0.2) is 43.3 Å². The first kappa shape index (κ1) is 25.4. The van der Waals surface area contributed by atoms with Crippen LogP contribution in [0.1, 0.15) is 33.1 Å². The number of hydrogen-bond donors (Lipinski definition) is 1. The van der Waals surface area contributed by atoms with E-state index in [9.17, 15) is 17.6 Å².